The van der Waals surface area contributed by atoms with E-state index in [9.17, 15) is 13.2 Å². The Balaban J connectivity index is 2.41. The van der Waals surface area contributed by atoms with Crippen LogP contribution in [0, 0.1) is 0 Å². The smallest absolute Gasteiger partial charge is 0.417 e. The number of rotatable bonds is 3. The van der Waals surface area contributed by atoms with E-state index in [0.29, 0.717) is 23.5 Å². The number of alkyl halides is 3. The standard InChI is InChI=1S/C14H13BrF3NO/c1-2-11(19)13-6-5-12(20-13)8-3-4-10(15)9(7-8)14(16,17)18/h3-7,11H,2,19H2,1H3. The molecule has 0 radical (unpaired) electrons. The molecule has 2 N–H and O–H groups in total. The van der Waals surface area contributed by atoms with Crippen LogP contribution in [0.15, 0.2) is 39.2 Å². The van der Waals surface area contributed by atoms with Gasteiger partial charge in [-0.2, -0.15) is 13.2 Å². The second-order valence-corrected chi connectivity index (χ2v) is 5.26. The number of halogens is 4. The predicted molar refractivity (Wildman–Crippen MR) is 74.1 cm³/mol. The summed E-state index contributed by atoms with van der Waals surface area (Å²) in [7, 11) is 0. The van der Waals surface area contributed by atoms with Crippen molar-refractivity contribution in [3.05, 3.63) is 46.1 Å². The van der Waals surface area contributed by atoms with Gasteiger partial charge in [-0.25, -0.2) is 0 Å². The molecule has 1 heterocycles. The van der Waals surface area contributed by atoms with E-state index >= 15 is 0 Å². The summed E-state index contributed by atoms with van der Waals surface area (Å²) >= 11 is 2.91. The van der Waals surface area contributed by atoms with Gasteiger partial charge in [0.1, 0.15) is 11.5 Å². The highest BCUT2D eigenvalue weighted by atomic mass is 79.9. The molecule has 6 heteroatoms. The van der Waals surface area contributed by atoms with Crippen LogP contribution in [-0.2, 0) is 6.18 Å². The zero-order valence-electron chi connectivity index (χ0n) is 10.7. The van der Waals surface area contributed by atoms with Gasteiger partial charge >= 0.3 is 6.18 Å². The normalized spacial score (nSPS) is 13.5. The SMILES string of the molecule is CCC(N)c1ccc(-c2ccc(Br)c(C(F)(F)F)c2)o1. The fourth-order valence-electron chi connectivity index (χ4n) is 1.80. The van der Waals surface area contributed by atoms with Gasteiger partial charge in [0.2, 0.25) is 0 Å². The van der Waals surface area contributed by atoms with Crippen molar-refractivity contribution in [1.82, 2.24) is 0 Å². The number of nitrogens with two attached hydrogens (primary N) is 1. The van der Waals surface area contributed by atoms with E-state index in [1.54, 1.807) is 18.2 Å². The first kappa shape index (κ1) is 15.1. The van der Waals surface area contributed by atoms with E-state index in [-0.39, 0.29) is 10.5 Å². The Hall–Kier alpha value is -1.27. The summed E-state index contributed by atoms with van der Waals surface area (Å²) in [6.45, 7) is 1.91. The van der Waals surface area contributed by atoms with Crippen LogP contribution in [0.5, 0.6) is 0 Å². The van der Waals surface area contributed by atoms with E-state index in [1.165, 1.54) is 6.07 Å². The van der Waals surface area contributed by atoms with Crippen LogP contribution >= 0.6 is 15.9 Å². The summed E-state index contributed by atoms with van der Waals surface area (Å²) in [6.07, 6.45) is -3.72. The molecule has 0 saturated heterocycles. The molecule has 0 spiro atoms. The van der Waals surface area contributed by atoms with Crippen molar-refractivity contribution >= 4 is 15.9 Å². The van der Waals surface area contributed by atoms with Gasteiger partial charge in [0.15, 0.2) is 0 Å². The van der Waals surface area contributed by atoms with Crippen molar-refractivity contribution in [2.45, 2.75) is 25.6 Å². The lowest BCUT2D eigenvalue weighted by atomic mass is 10.1. The van der Waals surface area contributed by atoms with Crippen molar-refractivity contribution in [3.8, 4) is 11.3 Å². The first-order chi connectivity index (χ1) is 9.32. The van der Waals surface area contributed by atoms with E-state index in [2.05, 4.69) is 15.9 Å². The predicted octanol–water partition coefficient (Wildman–Crippen LogP) is 5.14. The van der Waals surface area contributed by atoms with Gasteiger partial charge in [-0.3, -0.25) is 0 Å². The summed E-state index contributed by atoms with van der Waals surface area (Å²) in [6, 6.07) is 7.07. The van der Waals surface area contributed by atoms with E-state index in [4.69, 9.17) is 10.2 Å². The third kappa shape index (κ3) is 3.07. The maximum absolute atomic E-state index is 12.9. The van der Waals surface area contributed by atoms with Crippen LogP contribution in [0.2, 0.25) is 0 Å². The second kappa shape index (κ2) is 5.61. The first-order valence-electron chi connectivity index (χ1n) is 6.05. The molecule has 0 amide bonds. The molecule has 2 nitrogen and oxygen atoms in total. The molecule has 1 atom stereocenters. The number of hydrogen-bond donors (Lipinski definition) is 1. The highest BCUT2D eigenvalue weighted by Gasteiger charge is 2.33. The fourth-order valence-corrected chi connectivity index (χ4v) is 2.28. The quantitative estimate of drug-likeness (QED) is 0.834. The molecule has 1 unspecified atom stereocenters. The molecular formula is C14H13BrF3NO. The molecule has 0 saturated carbocycles. The third-order valence-electron chi connectivity index (χ3n) is 2.99. The molecule has 0 fully saturated rings. The van der Waals surface area contributed by atoms with Crippen LogP contribution in [0.4, 0.5) is 13.2 Å². The molecule has 1 aromatic heterocycles. The average Bonchev–Trinajstić information content (AvgIpc) is 2.86. The Morgan fingerprint density at radius 3 is 2.55 bits per heavy atom. The Bertz CT molecular complexity index is 607. The highest BCUT2D eigenvalue weighted by molar-refractivity contribution is 9.10. The average molecular weight is 348 g/mol. The van der Waals surface area contributed by atoms with E-state index in [1.807, 2.05) is 6.92 Å². The first-order valence-corrected chi connectivity index (χ1v) is 6.84. The summed E-state index contributed by atoms with van der Waals surface area (Å²) in [5, 5.41) is 0. The minimum atomic E-state index is -4.41. The van der Waals surface area contributed by atoms with Gasteiger partial charge < -0.3 is 10.2 Å². The maximum atomic E-state index is 12.9. The monoisotopic (exact) mass is 347 g/mol. The topological polar surface area (TPSA) is 39.2 Å². The molecular weight excluding hydrogens is 335 g/mol. The zero-order chi connectivity index (χ0) is 14.9. The molecule has 20 heavy (non-hydrogen) atoms. The Morgan fingerprint density at radius 1 is 1.25 bits per heavy atom. The molecule has 108 valence electrons. The van der Waals surface area contributed by atoms with Crippen molar-refractivity contribution in [2.24, 2.45) is 5.73 Å². The largest absolute Gasteiger partial charge is 0.459 e. The summed E-state index contributed by atoms with van der Waals surface area (Å²) < 4.78 is 44.1. The molecule has 0 aliphatic heterocycles. The minimum Gasteiger partial charge on any atom is -0.459 e. The molecule has 2 aromatic rings. The summed E-state index contributed by atoms with van der Waals surface area (Å²) in [5.41, 5.74) is 5.47. The fraction of sp³-hybridized carbons (Fsp3) is 0.286. The number of benzene rings is 1. The summed E-state index contributed by atoms with van der Waals surface area (Å²) in [4.78, 5) is 0. The van der Waals surface area contributed by atoms with Gasteiger partial charge in [-0.1, -0.05) is 28.9 Å². The van der Waals surface area contributed by atoms with Crippen molar-refractivity contribution in [1.29, 1.82) is 0 Å². The van der Waals surface area contributed by atoms with Crippen LogP contribution in [0.1, 0.15) is 30.7 Å². The number of furan rings is 1. The third-order valence-corrected chi connectivity index (χ3v) is 3.68. The lowest BCUT2D eigenvalue weighted by Crippen LogP contribution is -2.07. The second-order valence-electron chi connectivity index (χ2n) is 4.41. The van der Waals surface area contributed by atoms with Gasteiger partial charge in [0, 0.05) is 10.0 Å². The molecule has 0 aliphatic carbocycles. The van der Waals surface area contributed by atoms with Gasteiger partial charge in [0.05, 0.1) is 11.6 Å². The Labute approximate surface area is 122 Å². The van der Waals surface area contributed by atoms with E-state index < -0.39 is 11.7 Å². The maximum Gasteiger partial charge on any atom is 0.417 e. The van der Waals surface area contributed by atoms with Crippen LogP contribution < -0.4 is 5.73 Å². The molecule has 0 aliphatic rings. The van der Waals surface area contributed by atoms with Crippen molar-refractivity contribution < 1.29 is 17.6 Å². The van der Waals surface area contributed by atoms with E-state index in [0.717, 1.165) is 6.07 Å². The van der Waals surface area contributed by atoms with Crippen molar-refractivity contribution in [2.75, 3.05) is 0 Å². The molecule has 1 aromatic carbocycles. The van der Waals surface area contributed by atoms with Crippen LogP contribution in [0.25, 0.3) is 11.3 Å². The van der Waals surface area contributed by atoms with Gasteiger partial charge in [-0.05, 0) is 30.7 Å². The van der Waals surface area contributed by atoms with Gasteiger partial charge in [-0.15, -0.1) is 0 Å². The van der Waals surface area contributed by atoms with Crippen molar-refractivity contribution in [3.63, 3.8) is 0 Å². The lowest BCUT2D eigenvalue weighted by Gasteiger charge is -2.10. The molecule has 0 bridgehead atoms. The van der Waals surface area contributed by atoms with Crippen LogP contribution in [0.3, 0.4) is 0 Å². The Kier molecular flexibility index (Phi) is 4.25. The minimum absolute atomic E-state index is 0.00536. The van der Waals surface area contributed by atoms with Crippen LogP contribution in [-0.4, -0.2) is 0 Å². The highest BCUT2D eigenvalue weighted by Crippen LogP contribution is 2.37. The summed E-state index contributed by atoms with van der Waals surface area (Å²) in [5.74, 6) is 0.945. The number of hydrogen-bond acceptors (Lipinski definition) is 2. The zero-order valence-corrected chi connectivity index (χ0v) is 12.3. The Morgan fingerprint density at radius 2 is 1.95 bits per heavy atom. The molecule has 2 rings (SSSR count). The lowest BCUT2D eigenvalue weighted by molar-refractivity contribution is -0.138. The van der Waals surface area contributed by atoms with Gasteiger partial charge in [0.25, 0.3) is 0 Å².